The largest absolute Gasteiger partial charge is 0.354 e. The van der Waals surface area contributed by atoms with Crippen molar-refractivity contribution >= 4 is 62.3 Å². The Bertz CT molecular complexity index is 1450. The number of carbonyl (C=O) groups is 2. The molecule has 2 amide bonds. The molecule has 0 unspecified atom stereocenters. The summed E-state index contributed by atoms with van der Waals surface area (Å²) in [6, 6.07) is 18.1. The molecular weight excluding hydrogens is 593 g/mol. The van der Waals surface area contributed by atoms with Crippen LogP contribution in [0.3, 0.4) is 0 Å². The van der Waals surface area contributed by atoms with Crippen LogP contribution in [0.5, 0.6) is 0 Å². The van der Waals surface area contributed by atoms with E-state index in [1.807, 2.05) is 37.3 Å². The average molecular weight is 625 g/mol. The van der Waals surface area contributed by atoms with Crippen molar-refractivity contribution in [1.82, 2.24) is 10.2 Å². The second-order valence-corrected chi connectivity index (χ2v) is 12.6. The van der Waals surface area contributed by atoms with Gasteiger partial charge in [0.2, 0.25) is 21.8 Å². The van der Waals surface area contributed by atoms with Gasteiger partial charge in [0.1, 0.15) is 12.6 Å². The van der Waals surface area contributed by atoms with Crippen molar-refractivity contribution in [1.29, 1.82) is 0 Å². The third-order valence-electron chi connectivity index (χ3n) is 6.36. The number of nitrogens with zero attached hydrogens (tertiary/aromatic N) is 2. The molecule has 0 heterocycles. The molecule has 0 spiro atoms. The molecule has 1 N–H and O–H groups in total. The summed E-state index contributed by atoms with van der Waals surface area (Å²) in [6.45, 7) is 3.45. The molecule has 0 aliphatic carbocycles. The van der Waals surface area contributed by atoms with Gasteiger partial charge in [0.25, 0.3) is 0 Å². The van der Waals surface area contributed by atoms with Gasteiger partial charge in [-0.3, -0.25) is 13.9 Å². The van der Waals surface area contributed by atoms with Crippen molar-refractivity contribution < 1.29 is 18.0 Å². The molecule has 3 rings (SSSR count). The first-order valence-electron chi connectivity index (χ1n) is 12.7. The fourth-order valence-electron chi connectivity index (χ4n) is 4.21. The second kappa shape index (κ2) is 14.2. The number of rotatable bonds is 12. The topological polar surface area (TPSA) is 86.8 Å². The Kier molecular flexibility index (Phi) is 11.3. The highest BCUT2D eigenvalue weighted by molar-refractivity contribution is 7.92. The van der Waals surface area contributed by atoms with Crippen LogP contribution in [0.15, 0.2) is 66.7 Å². The summed E-state index contributed by atoms with van der Waals surface area (Å²) in [4.78, 5) is 29.0. The van der Waals surface area contributed by atoms with Gasteiger partial charge in [-0.15, -0.1) is 0 Å². The molecule has 0 saturated carbocycles. The van der Waals surface area contributed by atoms with Gasteiger partial charge >= 0.3 is 0 Å². The molecule has 214 valence electrons. The molecule has 3 aromatic rings. The highest BCUT2D eigenvalue weighted by Crippen LogP contribution is 2.29. The number of halogens is 3. The van der Waals surface area contributed by atoms with Crippen LogP contribution in [0.25, 0.3) is 0 Å². The van der Waals surface area contributed by atoms with Crippen LogP contribution in [0.2, 0.25) is 15.1 Å². The minimum absolute atomic E-state index is 0.0436. The molecule has 0 radical (unpaired) electrons. The van der Waals surface area contributed by atoms with E-state index < -0.39 is 28.5 Å². The summed E-state index contributed by atoms with van der Waals surface area (Å²) in [5.41, 5.74) is 2.19. The predicted octanol–water partition coefficient (Wildman–Crippen LogP) is 5.89. The van der Waals surface area contributed by atoms with Crippen molar-refractivity contribution in [3.05, 3.63) is 98.5 Å². The quantitative estimate of drug-likeness (QED) is 0.272. The van der Waals surface area contributed by atoms with E-state index in [4.69, 9.17) is 34.8 Å². The standard InChI is InChI=1S/C29H32Cl3N3O4S/c1-4-15-33-29(37)27(16-21-9-6-5-7-10-21)34(18-22-13-14-23(30)17-25(22)32)28(36)19-35(40(3,38)39)26-12-8-11-24(31)20(26)2/h5-14,17,27H,4,15-16,18-19H2,1-3H3,(H,33,37)/t27-/m1/s1. The molecule has 0 aromatic heterocycles. The van der Waals surface area contributed by atoms with E-state index in [-0.39, 0.29) is 24.6 Å². The molecule has 0 bridgehead atoms. The Morgan fingerprint density at radius 3 is 2.27 bits per heavy atom. The maximum Gasteiger partial charge on any atom is 0.244 e. The normalized spacial score (nSPS) is 12.1. The van der Waals surface area contributed by atoms with Crippen LogP contribution in [0.1, 0.15) is 30.0 Å². The lowest BCUT2D eigenvalue weighted by Crippen LogP contribution is -2.53. The zero-order valence-electron chi connectivity index (χ0n) is 22.5. The van der Waals surface area contributed by atoms with Crippen molar-refractivity contribution in [2.24, 2.45) is 0 Å². The summed E-state index contributed by atoms with van der Waals surface area (Å²) >= 11 is 18.8. The maximum absolute atomic E-state index is 14.1. The molecule has 0 aliphatic rings. The maximum atomic E-state index is 14.1. The van der Waals surface area contributed by atoms with E-state index in [1.165, 1.54) is 4.90 Å². The smallest absolute Gasteiger partial charge is 0.244 e. The average Bonchev–Trinajstić information content (AvgIpc) is 2.90. The number of anilines is 1. The van der Waals surface area contributed by atoms with Crippen LogP contribution in [-0.4, -0.2) is 50.5 Å². The first-order valence-corrected chi connectivity index (χ1v) is 15.7. The van der Waals surface area contributed by atoms with E-state index >= 15 is 0 Å². The highest BCUT2D eigenvalue weighted by atomic mass is 35.5. The lowest BCUT2D eigenvalue weighted by Gasteiger charge is -2.34. The molecule has 3 aromatic carbocycles. The zero-order valence-corrected chi connectivity index (χ0v) is 25.6. The first-order chi connectivity index (χ1) is 18.9. The van der Waals surface area contributed by atoms with Gasteiger partial charge in [0.05, 0.1) is 11.9 Å². The van der Waals surface area contributed by atoms with Gasteiger partial charge in [-0.25, -0.2) is 8.42 Å². The lowest BCUT2D eigenvalue weighted by atomic mass is 10.0. The SMILES string of the molecule is CCCNC(=O)[C@@H](Cc1ccccc1)N(Cc1ccc(Cl)cc1Cl)C(=O)CN(c1cccc(Cl)c1C)S(C)(=O)=O. The van der Waals surface area contributed by atoms with Crippen molar-refractivity contribution in [3.8, 4) is 0 Å². The van der Waals surface area contributed by atoms with Gasteiger partial charge in [-0.2, -0.15) is 0 Å². The van der Waals surface area contributed by atoms with E-state index in [2.05, 4.69) is 5.32 Å². The summed E-state index contributed by atoms with van der Waals surface area (Å²) in [6.07, 6.45) is 1.94. The Morgan fingerprint density at radius 1 is 0.950 bits per heavy atom. The van der Waals surface area contributed by atoms with Crippen LogP contribution >= 0.6 is 34.8 Å². The molecule has 0 aliphatic heterocycles. The first kappa shape index (κ1) is 31.7. The Morgan fingerprint density at radius 2 is 1.65 bits per heavy atom. The van der Waals surface area contributed by atoms with Gasteiger partial charge in [0.15, 0.2) is 0 Å². The van der Waals surface area contributed by atoms with Gasteiger partial charge < -0.3 is 10.2 Å². The second-order valence-electron chi connectivity index (χ2n) is 9.41. The number of hydrogen-bond acceptors (Lipinski definition) is 4. The van der Waals surface area contributed by atoms with Crippen LogP contribution < -0.4 is 9.62 Å². The summed E-state index contributed by atoms with van der Waals surface area (Å²) in [7, 11) is -3.91. The molecule has 0 saturated heterocycles. The Balaban J connectivity index is 2.10. The van der Waals surface area contributed by atoms with E-state index in [1.54, 1.807) is 43.3 Å². The number of benzene rings is 3. The molecule has 1 atom stereocenters. The fourth-order valence-corrected chi connectivity index (χ4v) is 5.75. The number of nitrogens with one attached hydrogen (secondary N) is 1. The number of amides is 2. The zero-order chi connectivity index (χ0) is 29.4. The third kappa shape index (κ3) is 8.36. The van der Waals surface area contributed by atoms with E-state index in [0.717, 1.165) is 16.1 Å². The lowest BCUT2D eigenvalue weighted by molar-refractivity contribution is -0.140. The highest BCUT2D eigenvalue weighted by Gasteiger charge is 2.33. The van der Waals surface area contributed by atoms with Crippen molar-refractivity contribution in [2.45, 2.75) is 39.3 Å². The molecule has 11 heteroatoms. The Labute approximate surface area is 251 Å². The molecule has 40 heavy (non-hydrogen) atoms. The summed E-state index contributed by atoms with van der Waals surface area (Å²) in [5.74, 6) is -0.933. The summed E-state index contributed by atoms with van der Waals surface area (Å²) in [5, 5.41) is 4.00. The van der Waals surface area contributed by atoms with Crippen LogP contribution in [-0.2, 0) is 32.6 Å². The summed E-state index contributed by atoms with van der Waals surface area (Å²) < 4.78 is 26.9. The number of carbonyl (C=O) groups excluding carboxylic acids is 2. The molecule has 7 nitrogen and oxygen atoms in total. The minimum atomic E-state index is -3.91. The Hall–Kier alpha value is -2.78. The van der Waals surface area contributed by atoms with Crippen molar-refractivity contribution in [2.75, 3.05) is 23.7 Å². The van der Waals surface area contributed by atoms with Gasteiger partial charge in [0, 0.05) is 34.6 Å². The minimum Gasteiger partial charge on any atom is -0.354 e. The van der Waals surface area contributed by atoms with E-state index in [9.17, 15) is 18.0 Å². The number of sulfonamides is 1. The molecule has 0 fully saturated rings. The monoisotopic (exact) mass is 623 g/mol. The van der Waals surface area contributed by atoms with E-state index in [0.29, 0.717) is 39.2 Å². The number of hydrogen-bond donors (Lipinski definition) is 1. The van der Waals surface area contributed by atoms with Gasteiger partial charge in [-0.05, 0) is 54.3 Å². The third-order valence-corrected chi connectivity index (χ3v) is 8.49. The van der Waals surface area contributed by atoms with Gasteiger partial charge in [-0.1, -0.05) is 84.2 Å². The molecular formula is C29H32Cl3N3O4S. The van der Waals surface area contributed by atoms with Crippen molar-refractivity contribution in [3.63, 3.8) is 0 Å². The predicted molar refractivity (Wildman–Crippen MR) is 163 cm³/mol. The van der Waals surface area contributed by atoms with Crippen LogP contribution in [0, 0.1) is 6.92 Å². The fraction of sp³-hybridized carbons (Fsp3) is 0.310. The van der Waals surface area contributed by atoms with Crippen LogP contribution in [0.4, 0.5) is 5.69 Å².